The van der Waals surface area contributed by atoms with E-state index in [-0.39, 0.29) is 43.2 Å². The molecule has 0 radical (unpaired) electrons. The van der Waals surface area contributed by atoms with Crippen molar-refractivity contribution < 1.29 is 48.0 Å². The Balaban J connectivity index is 3.28. The number of aliphatic carboxylic acids is 1. The van der Waals surface area contributed by atoms with Gasteiger partial charge in [0.15, 0.2) is 11.5 Å². The van der Waals surface area contributed by atoms with Crippen molar-refractivity contribution >= 4 is 24.2 Å². The number of hydrogen-bond acceptors (Lipinski definition) is 10. The third-order valence-corrected chi connectivity index (χ3v) is 6.07. The van der Waals surface area contributed by atoms with Crippen LogP contribution in [0.5, 0.6) is 11.5 Å². The molecule has 0 spiro atoms. The zero-order valence-corrected chi connectivity index (χ0v) is 23.6. The molecule has 0 aliphatic rings. The number of ether oxygens (including phenoxy) is 5. The van der Waals surface area contributed by atoms with E-state index in [1.807, 2.05) is 20.8 Å². The van der Waals surface area contributed by atoms with Gasteiger partial charge >= 0.3 is 24.2 Å². The van der Waals surface area contributed by atoms with Crippen molar-refractivity contribution in [1.82, 2.24) is 0 Å². The summed E-state index contributed by atoms with van der Waals surface area (Å²) in [5, 5.41) is 9.69. The fraction of sp³-hybridized carbons (Fsp3) is 0.643. The second kappa shape index (κ2) is 18.0. The number of carboxylic acids is 1. The van der Waals surface area contributed by atoms with Crippen molar-refractivity contribution in [2.24, 2.45) is 17.6 Å². The zero-order chi connectivity index (χ0) is 29.4. The number of rotatable bonds is 17. The lowest BCUT2D eigenvalue weighted by Gasteiger charge is -2.28. The summed E-state index contributed by atoms with van der Waals surface area (Å²) >= 11 is 0. The minimum Gasteiger partial charge on any atom is -0.480 e. The second-order valence-electron chi connectivity index (χ2n) is 9.50. The first-order chi connectivity index (χ1) is 18.5. The molecule has 3 unspecified atom stereocenters. The Labute approximate surface area is 230 Å². The van der Waals surface area contributed by atoms with E-state index >= 15 is 0 Å². The molecule has 220 valence electrons. The smallest absolute Gasteiger partial charge is 0.480 e. The number of benzene rings is 1. The quantitative estimate of drug-likeness (QED) is 0.109. The van der Waals surface area contributed by atoms with Crippen molar-refractivity contribution in [1.29, 1.82) is 0 Å². The van der Waals surface area contributed by atoms with Gasteiger partial charge in [0.2, 0.25) is 0 Å². The van der Waals surface area contributed by atoms with Crippen LogP contribution < -0.4 is 15.2 Å². The third kappa shape index (κ3) is 11.9. The predicted octanol–water partition coefficient (Wildman–Crippen LogP) is 5.43. The van der Waals surface area contributed by atoms with Gasteiger partial charge in [-0.2, -0.15) is 0 Å². The number of carbonyl (C=O) groups is 4. The van der Waals surface area contributed by atoms with E-state index in [1.54, 1.807) is 13.8 Å². The average Bonchev–Trinajstić information content (AvgIpc) is 2.89. The molecule has 39 heavy (non-hydrogen) atoms. The molecular formula is C28H43NO10. The Kier molecular flexibility index (Phi) is 15.6. The number of esters is 1. The van der Waals surface area contributed by atoms with Gasteiger partial charge in [-0.25, -0.2) is 9.59 Å². The first-order valence-corrected chi connectivity index (χ1v) is 13.5. The highest BCUT2D eigenvalue weighted by Crippen LogP contribution is 2.36. The van der Waals surface area contributed by atoms with Crippen LogP contribution in [0.4, 0.5) is 9.59 Å². The van der Waals surface area contributed by atoms with E-state index in [4.69, 9.17) is 29.4 Å². The lowest BCUT2D eigenvalue weighted by atomic mass is 9.82. The van der Waals surface area contributed by atoms with Gasteiger partial charge in [0.05, 0.1) is 25.7 Å². The van der Waals surface area contributed by atoms with Crippen LogP contribution in [0.15, 0.2) is 18.2 Å². The molecule has 0 aliphatic heterocycles. The lowest BCUT2D eigenvalue weighted by molar-refractivity contribution is -0.149. The van der Waals surface area contributed by atoms with Gasteiger partial charge in [-0.15, -0.1) is 0 Å². The molecule has 0 amide bonds. The van der Waals surface area contributed by atoms with Gasteiger partial charge in [-0.3, -0.25) is 9.59 Å². The lowest BCUT2D eigenvalue weighted by Crippen LogP contribution is -2.40. The third-order valence-electron chi connectivity index (χ3n) is 6.07. The molecule has 4 atom stereocenters. The monoisotopic (exact) mass is 553 g/mol. The summed E-state index contributed by atoms with van der Waals surface area (Å²) in [6, 6.07) is 2.85. The Morgan fingerprint density at radius 2 is 1.41 bits per heavy atom. The predicted molar refractivity (Wildman–Crippen MR) is 143 cm³/mol. The number of hydrogen-bond donors (Lipinski definition) is 2. The Morgan fingerprint density at radius 1 is 0.846 bits per heavy atom. The highest BCUT2D eigenvalue weighted by molar-refractivity contribution is 5.75. The van der Waals surface area contributed by atoms with E-state index in [1.165, 1.54) is 18.2 Å². The molecule has 11 nitrogen and oxygen atoms in total. The van der Waals surface area contributed by atoms with Crippen LogP contribution in [-0.4, -0.2) is 55.2 Å². The average molecular weight is 554 g/mol. The van der Waals surface area contributed by atoms with Gasteiger partial charge in [0, 0.05) is 5.92 Å². The van der Waals surface area contributed by atoms with Crippen molar-refractivity contribution in [2.75, 3.05) is 19.8 Å². The van der Waals surface area contributed by atoms with Gasteiger partial charge in [0.1, 0.15) is 6.04 Å². The minimum atomic E-state index is -1.37. The zero-order valence-electron chi connectivity index (χ0n) is 23.6. The van der Waals surface area contributed by atoms with Crippen molar-refractivity contribution in [2.45, 2.75) is 85.1 Å². The molecule has 0 aromatic heterocycles. The maximum absolute atomic E-state index is 12.3. The van der Waals surface area contributed by atoms with E-state index < -0.39 is 36.2 Å². The number of carboxylic acid groups (broad SMARTS) is 1. The van der Waals surface area contributed by atoms with Gasteiger partial charge < -0.3 is 34.5 Å². The maximum Gasteiger partial charge on any atom is 0.513 e. The van der Waals surface area contributed by atoms with Crippen molar-refractivity contribution in [3.05, 3.63) is 23.8 Å². The summed E-state index contributed by atoms with van der Waals surface area (Å²) in [5.41, 5.74) is 6.42. The van der Waals surface area contributed by atoms with Gasteiger partial charge in [-0.1, -0.05) is 59.9 Å². The summed E-state index contributed by atoms with van der Waals surface area (Å²) < 4.78 is 26.1. The fourth-order valence-corrected chi connectivity index (χ4v) is 3.79. The standard InChI is InChI=1S/C28H43NO10/c1-6-9-14-35-27(33)38-21-13-12-20(16-22(21)39-28(34)36-15-10-7-2)23(24(29)25(30)31)19(5)17-37-26(32)18(4)11-8-3/h12-13,16,18-19,23-24H,6-11,14-15,17,29H2,1-5H3,(H,30,31)/t18?,19?,23?,24-/m0/s1. The normalized spacial score (nSPS) is 13.9. The van der Waals surface area contributed by atoms with Crippen LogP contribution in [0.3, 0.4) is 0 Å². The van der Waals surface area contributed by atoms with E-state index in [0.29, 0.717) is 24.8 Å². The molecule has 11 heteroatoms. The Hall–Kier alpha value is -3.34. The molecule has 0 fully saturated rings. The molecule has 0 bridgehead atoms. The first kappa shape index (κ1) is 33.7. The van der Waals surface area contributed by atoms with Gasteiger partial charge in [0.25, 0.3) is 0 Å². The summed E-state index contributed by atoms with van der Waals surface area (Å²) in [7, 11) is 0. The molecule has 3 N–H and O–H groups in total. The molecule has 0 heterocycles. The molecule has 0 aliphatic carbocycles. The van der Waals surface area contributed by atoms with Crippen LogP contribution in [0.25, 0.3) is 0 Å². The van der Waals surface area contributed by atoms with Crippen LogP contribution in [0, 0.1) is 11.8 Å². The highest BCUT2D eigenvalue weighted by Gasteiger charge is 2.33. The largest absolute Gasteiger partial charge is 0.513 e. The Bertz CT molecular complexity index is 935. The second-order valence-corrected chi connectivity index (χ2v) is 9.50. The summed E-state index contributed by atoms with van der Waals surface area (Å²) in [5.74, 6) is -3.60. The van der Waals surface area contributed by atoms with E-state index in [9.17, 15) is 24.3 Å². The van der Waals surface area contributed by atoms with Crippen LogP contribution in [0.2, 0.25) is 0 Å². The molecule has 0 saturated carbocycles. The summed E-state index contributed by atoms with van der Waals surface area (Å²) in [6.07, 6.45) is 2.38. The van der Waals surface area contributed by atoms with Crippen LogP contribution >= 0.6 is 0 Å². The van der Waals surface area contributed by atoms with Crippen LogP contribution in [-0.2, 0) is 23.8 Å². The minimum absolute atomic E-state index is 0.0736. The molecular weight excluding hydrogens is 510 g/mol. The molecule has 1 aromatic rings. The highest BCUT2D eigenvalue weighted by atomic mass is 16.7. The number of unbranched alkanes of at least 4 members (excludes halogenated alkanes) is 2. The molecule has 1 aromatic carbocycles. The Morgan fingerprint density at radius 3 is 1.92 bits per heavy atom. The summed E-state index contributed by atoms with van der Waals surface area (Å²) in [6.45, 7) is 9.54. The van der Waals surface area contributed by atoms with Gasteiger partial charge in [-0.05, 0) is 42.9 Å². The first-order valence-electron chi connectivity index (χ1n) is 13.5. The van der Waals surface area contributed by atoms with E-state index in [0.717, 1.165) is 19.3 Å². The SMILES string of the molecule is CCCCOC(=O)Oc1ccc(C(C(C)COC(=O)C(C)CCC)[C@H](N)C(=O)O)cc1OC(=O)OCCCC. The van der Waals surface area contributed by atoms with Crippen molar-refractivity contribution in [3.63, 3.8) is 0 Å². The van der Waals surface area contributed by atoms with E-state index in [2.05, 4.69) is 0 Å². The topological polar surface area (TPSA) is 161 Å². The summed E-state index contributed by atoms with van der Waals surface area (Å²) in [4.78, 5) is 48.6. The maximum atomic E-state index is 12.3. The van der Waals surface area contributed by atoms with Crippen LogP contribution in [0.1, 0.15) is 84.6 Å². The molecule has 1 rings (SSSR count). The number of carbonyl (C=O) groups excluding carboxylic acids is 3. The molecule has 0 saturated heterocycles. The fourth-order valence-electron chi connectivity index (χ4n) is 3.79. The number of nitrogens with two attached hydrogens (primary N) is 1. The van der Waals surface area contributed by atoms with Crippen molar-refractivity contribution in [3.8, 4) is 11.5 Å².